The minimum atomic E-state index is -0.856. The van der Waals surface area contributed by atoms with Crippen LogP contribution in [0.3, 0.4) is 0 Å². The monoisotopic (exact) mass is 170 g/mol. The third kappa shape index (κ3) is 2.08. The maximum absolute atomic E-state index is 10.4. The number of carboxylic acid groups (broad SMARTS) is 1. The molecule has 0 radical (unpaired) electrons. The molecule has 3 heteroatoms. The highest BCUT2D eigenvalue weighted by Gasteiger charge is 2.20. The van der Waals surface area contributed by atoms with Crippen LogP contribution in [0.25, 0.3) is 0 Å². The van der Waals surface area contributed by atoms with Gasteiger partial charge >= 0.3 is 5.97 Å². The molecule has 1 atom stereocenters. The first-order valence-corrected chi connectivity index (χ1v) is 4.19. The van der Waals surface area contributed by atoms with Crippen molar-refractivity contribution >= 4 is 5.97 Å². The highest BCUT2D eigenvalue weighted by atomic mass is 16.4. The second-order valence-corrected chi connectivity index (χ2v) is 3.28. The number of aliphatic hydroxyl groups excluding tert-OH is 1. The van der Waals surface area contributed by atoms with Gasteiger partial charge in [-0.05, 0) is 31.8 Å². The van der Waals surface area contributed by atoms with E-state index in [9.17, 15) is 9.90 Å². The Morgan fingerprint density at radius 1 is 1.67 bits per heavy atom. The van der Waals surface area contributed by atoms with Crippen molar-refractivity contribution in [2.75, 3.05) is 0 Å². The molecule has 1 aliphatic rings. The van der Waals surface area contributed by atoms with Gasteiger partial charge in [0.25, 0.3) is 0 Å². The maximum atomic E-state index is 10.4. The van der Waals surface area contributed by atoms with Gasteiger partial charge in [-0.2, -0.15) is 0 Å². The van der Waals surface area contributed by atoms with Crippen molar-refractivity contribution in [3.63, 3.8) is 0 Å². The van der Waals surface area contributed by atoms with E-state index in [0.717, 1.165) is 18.4 Å². The molecule has 1 rings (SSSR count). The Hall–Kier alpha value is -0.830. The molecule has 0 bridgehead atoms. The van der Waals surface area contributed by atoms with Crippen LogP contribution in [0.2, 0.25) is 0 Å². The van der Waals surface area contributed by atoms with Crippen LogP contribution in [0.1, 0.15) is 32.6 Å². The van der Waals surface area contributed by atoms with Crippen LogP contribution < -0.4 is 0 Å². The van der Waals surface area contributed by atoms with E-state index in [2.05, 4.69) is 0 Å². The summed E-state index contributed by atoms with van der Waals surface area (Å²) >= 11 is 0. The molecule has 1 unspecified atom stereocenters. The first kappa shape index (κ1) is 9.26. The summed E-state index contributed by atoms with van der Waals surface area (Å²) in [5.41, 5.74) is 1.77. The first-order valence-electron chi connectivity index (χ1n) is 4.19. The fraction of sp³-hybridized carbons (Fsp3) is 0.667. The minimum Gasteiger partial charge on any atom is -0.481 e. The van der Waals surface area contributed by atoms with Crippen molar-refractivity contribution in [2.45, 2.75) is 38.7 Å². The molecule has 0 aliphatic heterocycles. The van der Waals surface area contributed by atoms with Gasteiger partial charge in [-0.3, -0.25) is 4.79 Å². The molecule has 68 valence electrons. The molecule has 0 fully saturated rings. The molecule has 12 heavy (non-hydrogen) atoms. The quantitative estimate of drug-likeness (QED) is 0.614. The normalized spacial score (nSPS) is 24.3. The van der Waals surface area contributed by atoms with Crippen LogP contribution in [-0.4, -0.2) is 22.3 Å². The fourth-order valence-corrected chi connectivity index (χ4v) is 1.61. The van der Waals surface area contributed by atoms with Gasteiger partial charge in [-0.25, -0.2) is 0 Å². The van der Waals surface area contributed by atoms with Gasteiger partial charge in [0, 0.05) is 0 Å². The van der Waals surface area contributed by atoms with Gasteiger partial charge in [0.2, 0.25) is 0 Å². The molecule has 0 aromatic carbocycles. The lowest BCUT2D eigenvalue weighted by Crippen LogP contribution is -2.18. The molecule has 0 aromatic heterocycles. The molecular formula is C9H14O3. The van der Waals surface area contributed by atoms with Gasteiger partial charge in [0.1, 0.15) is 0 Å². The molecule has 0 aromatic rings. The van der Waals surface area contributed by atoms with E-state index >= 15 is 0 Å². The predicted molar refractivity (Wildman–Crippen MR) is 44.8 cm³/mol. The SMILES string of the molecule is CC1=C(CC(=O)O)C(O)CCC1. The summed E-state index contributed by atoms with van der Waals surface area (Å²) in [6.07, 6.45) is 2.08. The molecule has 3 nitrogen and oxygen atoms in total. The lowest BCUT2D eigenvalue weighted by molar-refractivity contribution is -0.136. The average Bonchev–Trinajstić information content (AvgIpc) is 1.97. The summed E-state index contributed by atoms with van der Waals surface area (Å²) < 4.78 is 0. The summed E-state index contributed by atoms with van der Waals surface area (Å²) in [6.45, 7) is 1.90. The molecule has 0 heterocycles. The Balaban J connectivity index is 2.74. The van der Waals surface area contributed by atoms with Crippen molar-refractivity contribution in [3.05, 3.63) is 11.1 Å². The highest BCUT2D eigenvalue weighted by molar-refractivity contribution is 5.70. The van der Waals surface area contributed by atoms with Gasteiger partial charge in [0.05, 0.1) is 12.5 Å². The van der Waals surface area contributed by atoms with Crippen LogP contribution in [0, 0.1) is 0 Å². The average molecular weight is 170 g/mol. The van der Waals surface area contributed by atoms with Gasteiger partial charge in [-0.15, -0.1) is 0 Å². The summed E-state index contributed by atoms with van der Waals surface area (Å²) in [4.78, 5) is 10.4. The Morgan fingerprint density at radius 3 is 2.83 bits per heavy atom. The van der Waals surface area contributed by atoms with E-state index in [4.69, 9.17) is 5.11 Å². The predicted octanol–water partition coefficient (Wildman–Crippen LogP) is 1.32. The standard InChI is InChI=1S/C9H14O3/c1-6-3-2-4-8(10)7(6)5-9(11)12/h8,10H,2-5H2,1H3,(H,11,12). The van der Waals surface area contributed by atoms with E-state index in [1.54, 1.807) is 0 Å². The summed E-state index contributed by atoms with van der Waals surface area (Å²) in [6, 6.07) is 0. The van der Waals surface area contributed by atoms with Crippen LogP contribution in [-0.2, 0) is 4.79 Å². The summed E-state index contributed by atoms with van der Waals surface area (Å²) in [5, 5.41) is 18.0. The van der Waals surface area contributed by atoms with Crippen LogP contribution >= 0.6 is 0 Å². The van der Waals surface area contributed by atoms with Crippen LogP contribution in [0.15, 0.2) is 11.1 Å². The largest absolute Gasteiger partial charge is 0.481 e. The first-order chi connectivity index (χ1) is 5.61. The number of hydrogen-bond acceptors (Lipinski definition) is 2. The number of aliphatic hydroxyl groups is 1. The Morgan fingerprint density at radius 2 is 2.33 bits per heavy atom. The van der Waals surface area contributed by atoms with Crippen molar-refractivity contribution in [3.8, 4) is 0 Å². The van der Waals surface area contributed by atoms with E-state index in [-0.39, 0.29) is 6.42 Å². The van der Waals surface area contributed by atoms with E-state index in [1.165, 1.54) is 0 Å². The zero-order chi connectivity index (χ0) is 9.14. The molecule has 0 amide bonds. The molecule has 2 N–H and O–H groups in total. The lowest BCUT2D eigenvalue weighted by atomic mass is 9.88. The number of aliphatic carboxylic acids is 1. The lowest BCUT2D eigenvalue weighted by Gasteiger charge is -2.22. The molecule has 0 saturated heterocycles. The molecular weight excluding hydrogens is 156 g/mol. The fourth-order valence-electron chi connectivity index (χ4n) is 1.61. The van der Waals surface area contributed by atoms with E-state index in [0.29, 0.717) is 12.0 Å². The second kappa shape index (κ2) is 3.72. The second-order valence-electron chi connectivity index (χ2n) is 3.28. The van der Waals surface area contributed by atoms with Crippen molar-refractivity contribution < 1.29 is 15.0 Å². The summed E-state index contributed by atoms with van der Waals surface area (Å²) in [5.74, 6) is -0.856. The maximum Gasteiger partial charge on any atom is 0.307 e. The molecule has 0 spiro atoms. The number of carbonyl (C=O) groups is 1. The van der Waals surface area contributed by atoms with Crippen LogP contribution in [0.5, 0.6) is 0 Å². The minimum absolute atomic E-state index is 0.00694. The Labute approximate surface area is 71.7 Å². The number of allylic oxidation sites excluding steroid dienone is 1. The summed E-state index contributed by atoms with van der Waals surface area (Å²) in [7, 11) is 0. The van der Waals surface area contributed by atoms with Crippen molar-refractivity contribution in [1.82, 2.24) is 0 Å². The zero-order valence-electron chi connectivity index (χ0n) is 7.21. The number of rotatable bonds is 2. The zero-order valence-corrected chi connectivity index (χ0v) is 7.21. The van der Waals surface area contributed by atoms with Gasteiger partial charge < -0.3 is 10.2 Å². The Kier molecular flexibility index (Phi) is 2.87. The Bertz CT molecular complexity index is 218. The van der Waals surface area contributed by atoms with Crippen LogP contribution in [0.4, 0.5) is 0 Å². The topological polar surface area (TPSA) is 57.5 Å². The molecule has 1 aliphatic carbocycles. The third-order valence-corrected chi connectivity index (χ3v) is 2.32. The third-order valence-electron chi connectivity index (χ3n) is 2.32. The number of carboxylic acids is 1. The van der Waals surface area contributed by atoms with Crippen molar-refractivity contribution in [2.24, 2.45) is 0 Å². The van der Waals surface area contributed by atoms with Crippen molar-refractivity contribution in [1.29, 1.82) is 0 Å². The van der Waals surface area contributed by atoms with E-state index < -0.39 is 12.1 Å². The van der Waals surface area contributed by atoms with Gasteiger partial charge in [-0.1, -0.05) is 5.57 Å². The van der Waals surface area contributed by atoms with Gasteiger partial charge in [0.15, 0.2) is 0 Å². The smallest absolute Gasteiger partial charge is 0.307 e. The van der Waals surface area contributed by atoms with E-state index in [1.807, 2.05) is 6.92 Å². The highest BCUT2D eigenvalue weighted by Crippen LogP contribution is 2.26. The number of hydrogen-bond donors (Lipinski definition) is 2. The molecule has 0 saturated carbocycles.